The average molecular weight is 251 g/mol. The Bertz CT molecular complexity index is 107. The molecular formula is C5H12F3Sb. The second-order valence-corrected chi connectivity index (χ2v) is 25.9. The number of alkyl halides is 3. The number of rotatable bonds is 0. The number of halogens is 3. The van der Waals surface area contributed by atoms with Gasteiger partial charge in [0.25, 0.3) is 0 Å². The molecule has 0 aliphatic carbocycles. The summed E-state index contributed by atoms with van der Waals surface area (Å²) in [6.07, 6.45) is 0. The monoisotopic (exact) mass is 250 g/mol. The normalized spacial score (nSPS) is 18.8. The van der Waals surface area contributed by atoms with Crippen LogP contribution >= 0.6 is 0 Å². The van der Waals surface area contributed by atoms with Crippen LogP contribution in [0.2, 0.25) is 19.5 Å². The molecule has 0 aromatic heterocycles. The van der Waals surface area contributed by atoms with Crippen molar-refractivity contribution < 1.29 is 13.2 Å². The molecule has 58 valence electrons. The van der Waals surface area contributed by atoms with E-state index in [9.17, 15) is 13.2 Å². The molecule has 0 radical (unpaired) electrons. The SMILES string of the molecule is [CH3][Sb]([CH3])([CH3])([CH3])[C](F)(F)F. The van der Waals surface area contributed by atoms with E-state index in [-0.39, 0.29) is 0 Å². The van der Waals surface area contributed by atoms with Gasteiger partial charge in [-0.3, -0.25) is 0 Å². The molecule has 0 rings (SSSR count). The molecular weight excluding hydrogens is 239 g/mol. The van der Waals surface area contributed by atoms with Crippen molar-refractivity contribution >= 4 is 17.4 Å². The number of hydrogen-bond donors (Lipinski definition) is 0. The molecule has 9 heavy (non-hydrogen) atoms. The van der Waals surface area contributed by atoms with E-state index in [1.807, 2.05) is 0 Å². The van der Waals surface area contributed by atoms with Crippen molar-refractivity contribution in [3.63, 3.8) is 0 Å². The molecule has 0 unspecified atom stereocenters. The van der Waals surface area contributed by atoms with E-state index in [1.54, 1.807) is 0 Å². The van der Waals surface area contributed by atoms with E-state index in [4.69, 9.17) is 0 Å². The van der Waals surface area contributed by atoms with Crippen molar-refractivity contribution in [3.05, 3.63) is 0 Å². The molecule has 0 saturated carbocycles. The Labute approximate surface area is 54.5 Å². The van der Waals surface area contributed by atoms with Gasteiger partial charge in [0.05, 0.1) is 0 Å². The zero-order valence-electron chi connectivity index (χ0n) is 6.08. The van der Waals surface area contributed by atoms with Gasteiger partial charge in [-0.2, -0.15) is 0 Å². The van der Waals surface area contributed by atoms with Crippen LogP contribution in [-0.2, 0) is 0 Å². The molecule has 0 saturated heterocycles. The van der Waals surface area contributed by atoms with Crippen LogP contribution in [0.15, 0.2) is 0 Å². The Morgan fingerprint density at radius 2 is 1.00 bits per heavy atom. The van der Waals surface area contributed by atoms with Gasteiger partial charge in [0.15, 0.2) is 0 Å². The van der Waals surface area contributed by atoms with Gasteiger partial charge in [-0.1, -0.05) is 0 Å². The third kappa shape index (κ3) is 2.36. The second-order valence-electron chi connectivity index (χ2n) is 4.05. The van der Waals surface area contributed by atoms with E-state index in [0.29, 0.717) is 0 Å². The molecule has 0 spiro atoms. The predicted octanol–water partition coefficient (Wildman–Crippen LogP) is 3.01. The third-order valence-corrected chi connectivity index (χ3v) is 6.80. The predicted molar refractivity (Wildman–Crippen MR) is 35.3 cm³/mol. The van der Waals surface area contributed by atoms with Crippen LogP contribution in [0.4, 0.5) is 13.2 Å². The second kappa shape index (κ2) is 1.81. The zero-order chi connectivity index (χ0) is 7.95. The van der Waals surface area contributed by atoms with Crippen LogP contribution in [0.3, 0.4) is 0 Å². The maximum absolute atomic E-state index is 12.0. The molecule has 0 aromatic carbocycles. The van der Waals surface area contributed by atoms with E-state index in [1.165, 1.54) is 19.5 Å². The Morgan fingerprint density at radius 3 is 1.00 bits per heavy atom. The van der Waals surface area contributed by atoms with Crippen molar-refractivity contribution in [2.24, 2.45) is 0 Å². The summed E-state index contributed by atoms with van der Waals surface area (Å²) in [6, 6.07) is 0. The van der Waals surface area contributed by atoms with Crippen LogP contribution in [0.5, 0.6) is 0 Å². The van der Waals surface area contributed by atoms with Crippen LogP contribution < -0.4 is 0 Å². The van der Waals surface area contributed by atoms with E-state index < -0.39 is 21.5 Å². The summed E-state index contributed by atoms with van der Waals surface area (Å²) in [5.41, 5.74) is 0. The summed E-state index contributed by atoms with van der Waals surface area (Å²) in [4.78, 5) is 5.47. The molecule has 0 aliphatic rings. The Kier molecular flexibility index (Phi) is 1.93. The molecule has 0 amide bonds. The molecule has 4 heteroatoms. The summed E-state index contributed by atoms with van der Waals surface area (Å²) in [5.74, 6) is 0. The zero-order valence-corrected chi connectivity index (χ0v) is 8.63. The van der Waals surface area contributed by atoms with E-state index in [0.717, 1.165) is 0 Å². The molecule has 0 heterocycles. The van der Waals surface area contributed by atoms with Gasteiger partial charge < -0.3 is 0 Å². The standard InChI is InChI=1S/CF3.4CH3.Sb/c2-1(3)4;;;;;/h;4*1H3;. The maximum atomic E-state index is 12.0. The Morgan fingerprint density at radius 1 is 0.889 bits per heavy atom. The fraction of sp³-hybridized carbons (Fsp3) is 1.00. The van der Waals surface area contributed by atoms with Crippen molar-refractivity contribution in [2.75, 3.05) is 0 Å². The van der Waals surface area contributed by atoms with Crippen molar-refractivity contribution in [3.8, 4) is 0 Å². The Hall–Kier alpha value is 0.608. The van der Waals surface area contributed by atoms with Gasteiger partial charge >= 0.3 is 54.2 Å². The van der Waals surface area contributed by atoms with Gasteiger partial charge in [0.2, 0.25) is 0 Å². The summed E-state index contributed by atoms with van der Waals surface area (Å²) in [6.45, 7) is 0. The van der Waals surface area contributed by atoms with Crippen LogP contribution in [0.1, 0.15) is 0 Å². The molecule has 0 N–H and O–H groups in total. The average Bonchev–Trinajstić information content (AvgIpc) is 1.20. The molecule has 0 aromatic rings. The number of hydrogen-bond acceptors (Lipinski definition) is 0. The first-order valence-electron chi connectivity index (χ1n) is 2.58. The van der Waals surface area contributed by atoms with Crippen LogP contribution in [0, 0.1) is 0 Å². The van der Waals surface area contributed by atoms with E-state index in [2.05, 4.69) is 0 Å². The molecule has 0 atom stereocenters. The van der Waals surface area contributed by atoms with E-state index >= 15 is 0 Å². The van der Waals surface area contributed by atoms with Crippen molar-refractivity contribution in [1.82, 2.24) is 0 Å². The van der Waals surface area contributed by atoms with Crippen molar-refractivity contribution in [2.45, 2.75) is 23.6 Å². The molecule has 0 nitrogen and oxygen atoms in total. The third-order valence-electron chi connectivity index (χ3n) is 1.01. The summed E-state index contributed by atoms with van der Waals surface area (Å²) >= 11 is -4.05. The first kappa shape index (κ1) is 9.61. The minimum absolute atomic E-state index is 1.37. The first-order valence-corrected chi connectivity index (χ1v) is 14.1. The fourth-order valence-corrected chi connectivity index (χ4v) is 0. The summed E-state index contributed by atoms with van der Waals surface area (Å²) in [7, 11) is 0. The fourth-order valence-electron chi connectivity index (χ4n) is 0. The van der Waals surface area contributed by atoms with Gasteiger partial charge in [0, 0.05) is 0 Å². The van der Waals surface area contributed by atoms with Crippen LogP contribution in [-0.4, -0.2) is 21.5 Å². The molecule has 0 fully saturated rings. The molecule has 0 aliphatic heterocycles. The first-order chi connectivity index (χ1) is 3.51. The van der Waals surface area contributed by atoms with Gasteiger partial charge in [-0.15, -0.1) is 0 Å². The minimum atomic E-state index is -4.05. The molecule has 0 bridgehead atoms. The van der Waals surface area contributed by atoms with Gasteiger partial charge in [-0.25, -0.2) is 0 Å². The van der Waals surface area contributed by atoms with Crippen LogP contribution in [0.25, 0.3) is 0 Å². The summed E-state index contributed by atoms with van der Waals surface area (Å²) in [5, 5.41) is 0. The summed E-state index contributed by atoms with van der Waals surface area (Å²) < 4.78 is 32.2. The van der Waals surface area contributed by atoms with Crippen molar-refractivity contribution in [1.29, 1.82) is 0 Å². The van der Waals surface area contributed by atoms with Gasteiger partial charge in [-0.05, 0) is 0 Å². The topological polar surface area (TPSA) is 0 Å². The Balaban J connectivity index is 4.56. The van der Waals surface area contributed by atoms with Gasteiger partial charge in [0.1, 0.15) is 0 Å². The quantitative estimate of drug-likeness (QED) is 0.580.